The molecule has 0 aromatic carbocycles. The molecule has 2 aliphatic heterocycles. The Morgan fingerprint density at radius 1 is 1.02 bits per heavy atom. The van der Waals surface area contributed by atoms with Gasteiger partial charge in [-0.05, 0) is 32.9 Å². The van der Waals surface area contributed by atoms with E-state index in [2.05, 4.69) is 27.2 Å². The lowest BCUT2D eigenvalue weighted by Crippen LogP contribution is -2.67. The van der Waals surface area contributed by atoms with Crippen molar-refractivity contribution < 1.29 is 55.4 Å². The van der Waals surface area contributed by atoms with Crippen LogP contribution in [-0.2, 0) is 27.5 Å². The third-order valence-electron chi connectivity index (χ3n) is 6.30. The van der Waals surface area contributed by atoms with Crippen molar-refractivity contribution in [1.29, 1.82) is 0 Å². The van der Waals surface area contributed by atoms with Gasteiger partial charge in [0.1, 0.15) is 5.54 Å². The van der Waals surface area contributed by atoms with Crippen LogP contribution in [-0.4, -0.2) is 98.9 Å². The zero-order chi connectivity index (χ0) is 30.3. The maximum absolute atomic E-state index is 13.4. The SMILES string of the molecule is Cc1nc(CN2CCN(C)C3(CCN(Cc4ccoc4)CC3)C2=O)cs1.O=C(O)C(F)(F)F.O=C(O)C(F)(F)F. The first-order chi connectivity index (χ1) is 18.5. The van der Waals surface area contributed by atoms with E-state index in [0.29, 0.717) is 6.54 Å². The van der Waals surface area contributed by atoms with Gasteiger partial charge in [0.05, 0.1) is 29.8 Å². The van der Waals surface area contributed by atoms with Crippen LogP contribution in [0.25, 0.3) is 0 Å². The number of thiazole rings is 1. The number of rotatable bonds is 4. The van der Waals surface area contributed by atoms with Gasteiger partial charge in [0.15, 0.2) is 0 Å². The molecule has 1 spiro atoms. The number of aryl methyl sites for hydroxylation is 1. The van der Waals surface area contributed by atoms with Crippen molar-refractivity contribution in [3.05, 3.63) is 40.2 Å². The van der Waals surface area contributed by atoms with Gasteiger partial charge >= 0.3 is 24.3 Å². The molecule has 2 aliphatic rings. The van der Waals surface area contributed by atoms with Gasteiger partial charge in [-0.1, -0.05) is 0 Å². The number of carbonyl (C=O) groups is 3. The van der Waals surface area contributed by atoms with Gasteiger partial charge in [-0.25, -0.2) is 14.6 Å². The van der Waals surface area contributed by atoms with Gasteiger partial charge in [-0.3, -0.25) is 14.6 Å². The fourth-order valence-corrected chi connectivity index (χ4v) is 4.79. The average Bonchev–Trinajstić information content (AvgIpc) is 3.52. The van der Waals surface area contributed by atoms with Gasteiger partial charge in [-0.15, -0.1) is 11.3 Å². The summed E-state index contributed by atoms with van der Waals surface area (Å²) in [6.07, 6.45) is -4.88. The monoisotopic (exact) mass is 602 g/mol. The van der Waals surface area contributed by atoms with Crippen molar-refractivity contribution >= 4 is 29.2 Å². The van der Waals surface area contributed by atoms with E-state index in [-0.39, 0.29) is 11.4 Å². The highest BCUT2D eigenvalue weighted by Gasteiger charge is 2.49. The second-order valence-corrected chi connectivity index (χ2v) is 10.1. The number of carboxylic acid groups (broad SMARTS) is 2. The molecule has 224 valence electrons. The molecule has 2 saturated heterocycles. The van der Waals surface area contributed by atoms with Crippen LogP contribution >= 0.6 is 11.3 Å². The number of furan rings is 1. The van der Waals surface area contributed by atoms with E-state index >= 15 is 0 Å². The molecule has 2 N–H and O–H groups in total. The van der Waals surface area contributed by atoms with Crippen LogP contribution in [0.3, 0.4) is 0 Å². The lowest BCUT2D eigenvalue weighted by molar-refractivity contribution is -0.193. The number of aromatic nitrogens is 1. The van der Waals surface area contributed by atoms with E-state index in [1.165, 1.54) is 5.56 Å². The second kappa shape index (κ2) is 13.5. The van der Waals surface area contributed by atoms with E-state index in [4.69, 9.17) is 24.2 Å². The summed E-state index contributed by atoms with van der Waals surface area (Å²) in [6.45, 7) is 7.12. The van der Waals surface area contributed by atoms with E-state index < -0.39 is 24.3 Å². The van der Waals surface area contributed by atoms with Crippen LogP contribution in [0.1, 0.15) is 29.1 Å². The molecular weight excluding hydrogens is 574 g/mol. The minimum atomic E-state index is -5.08. The number of piperazine rings is 1. The summed E-state index contributed by atoms with van der Waals surface area (Å²) in [7, 11) is 2.11. The van der Waals surface area contributed by atoms with Crippen LogP contribution in [0.5, 0.6) is 0 Å². The molecule has 40 heavy (non-hydrogen) atoms. The minimum absolute atomic E-state index is 0.278. The molecule has 0 saturated carbocycles. The predicted molar refractivity (Wildman–Crippen MR) is 128 cm³/mol. The number of nitrogens with zero attached hydrogens (tertiary/aromatic N) is 4. The molecule has 17 heteroatoms. The highest BCUT2D eigenvalue weighted by molar-refractivity contribution is 7.09. The number of carboxylic acids is 2. The van der Waals surface area contributed by atoms with Gasteiger partial charge < -0.3 is 19.5 Å². The molecule has 0 bridgehead atoms. The molecule has 10 nitrogen and oxygen atoms in total. The van der Waals surface area contributed by atoms with Crippen molar-refractivity contribution in [3.8, 4) is 0 Å². The molecule has 4 rings (SSSR count). The summed E-state index contributed by atoms with van der Waals surface area (Å²) in [5.74, 6) is -5.24. The average molecular weight is 603 g/mol. The summed E-state index contributed by atoms with van der Waals surface area (Å²) in [5, 5.41) is 17.4. The van der Waals surface area contributed by atoms with Gasteiger partial charge in [0, 0.05) is 43.7 Å². The van der Waals surface area contributed by atoms with Gasteiger partial charge in [0.25, 0.3) is 0 Å². The number of likely N-dealkylation sites (N-methyl/N-ethyl adjacent to an activating group) is 1. The van der Waals surface area contributed by atoms with Crippen LogP contribution < -0.4 is 0 Å². The van der Waals surface area contributed by atoms with E-state index in [1.807, 2.05) is 17.9 Å². The molecule has 2 aromatic heterocycles. The summed E-state index contributed by atoms with van der Waals surface area (Å²) >= 11 is 1.65. The molecule has 0 aliphatic carbocycles. The van der Waals surface area contributed by atoms with Gasteiger partial charge in [0.2, 0.25) is 5.91 Å². The fraction of sp³-hybridized carbons (Fsp3) is 0.565. The van der Waals surface area contributed by atoms with Crippen molar-refractivity contribution in [2.45, 2.75) is 50.7 Å². The van der Waals surface area contributed by atoms with Crippen LogP contribution in [0.15, 0.2) is 28.4 Å². The van der Waals surface area contributed by atoms with E-state index in [9.17, 15) is 31.1 Å². The van der Waals surface area contributed by atoms with Crippen molar-refractivity contribution in [3.63, 3.8) is 0 Å². The lowest BCUT2D eigenvalue weighted by Gasteiger charge is -2.51. The normalized spacial score (nSPS) is 18.0. The molecule has 2 fully saturated rings. The smallest absolute Gasteiger partial charge is 0.475 e. The van der Waals surface area contributed by atoms with E-state index in [0.717, 1.165) is 56.3 Å². The summed E-state index contributed by atoms with van der Waals surface area (Å²) < 4.78 is 68.6. The Labute approximate surface area is 228 Å². The Hall–Kier alpha value is -3.18. The third-order valence-corrected chi connectivity index (χ3v) is 7.12. The number of alkyl halides is 6. The Balaban J connectivity index is 0.000000333. The molecule has 2 aromatic rings. The number of hydrogen-bond donors (Lipinski definition) is 2. The first-order valence-electron chi connectivity index (χ1n) is 11.7. The Kier molecular flexibility index (Phi) is 11.1. The Morgan fingerprint density at radius 3 is 2.00 bits per heavy atom. The molecule has 0 radical (unpaired) electrons. The van der Waals surface area contributed by atoms with Crippen molar-refractivity contribution in [1.82, 2.24) is 19.7 Å². The highest BCUT2D eigenvalue weighted by Crippen LogP contribution is 2.34. The summed E-state index contributed by atoms with van der Waals surface area (Å²) in [6, 6.07) is 2.01. The largest absolute Gasteiger partial charge is 0.490 e. The van der Waals surface area contributed by atoms with Crippen molar-refractivity contribution in [2.75, 3.05) is 33.2 Å². The van der Waals surface area contributed by atoms with Crippen LogP contribution in [0.2, 0.25) is 0 Å². The molecule has 4 heterocycles. The first kappa shape index (κ1) is 33.0. The minimum Gasteiger partial charge on any atom is -0.475 e. The number of aliphatic carboxylic acids is 2. The van der Waals surface area contributed by atoms with Gasteiger partial charge in [-0.2, -0.15) is 26.3 Å². The molecular formula is C23H28F6N4O6S. The number of amides is 1. The summed E-state index contributed by atoms with van der Waals surface area (Å²) in [5.41, 5.74) is 1.86. The molecule has 1 amide bonds. The zero-order valence-corrected chi connectivity index (χ0v) is 22.3. The van der Waals surface area contributed by atoms with Crippen molar-refractivity contribution in [2.24, 2.45) is 0 Å². The first-order valence-corrected chi connectivity index (χ1v) is 12.6. The third kappa shape index (κ3) is 9.19. The lowest BCUT2D eigenvalue weighted by atomic mass is 9.82. The second-order valence-electron chi connectivity index (χ2n) is 9.05. The zero-order valence-electron chi connectivity index (χ0n) is 21.5. The number of halogens is 6. The predicted octanol–water partition coefficient (Wildman–Crippen LogP) is 3.62. The maximum Gasteiger partial charge on any atom is 0.490 e. The van der Waals surface area contributed by atoms with E-state index in [1.54, 1.807) is 23.9 Å². The van der Waals surface area contributed by atoms with Crippen LogP contribution in [0.4, 0.5) is 26.3 Å². The number of hydrogen-bond acceptors (Lipinski definition) is 8. The fourth-order valence-electron chi connectivity index (χ4n) is 4.19. The van der Waals surface area contributed by atoms with Crippen LogP contribution in [0, 0.1) is 6.92 Å². The summed E-state index contributed by atoms with van der Waals surface area (Å²) in [4.78, 5) is 42.4. The Morgan fingerprint density at radius 2 is 1.57 bits per heavy atom. The highest BCUT2D eigenvalue weighted by atomic mass is 32.1. The number of likely N-dealkylation sites (tertiary alicyclic amines) is 1. The standard InChI is InChI=1S/C19H26N4O2S.2C2HF3O2/c1-15-20-17(14-26-15)12-23-9-8-21(2)19(18(23)24)4-6-22(7-5-19)11-16-3-10-25-13-16;2*3-2(4,5)1(6)7/h3,10,13-14H,4-9,11-12H2,1-2H3;2*(H,6,7). The molecule has 0 unspecified atom stereocenters. The topological polar surface area (TPSA) is 127 Å². The quantitative estimate of drug-likeness (QED) is 0.505. The number of piperidine rings is 1. The maximum atomic E-state index is 13.4. The molecule has 0 atom stereocenters. The number of carbonyl (C=O) groups excluding carboxylic acids is 1. The Bertz CT molecular complexity index is 1110.